The van der Waals surface area contributed by atoms with E-state index in [1.54, 1.807) is 0 Å². The van der Waals surface area contributed by atoms with Gasteiger partial charge in [-0.2, -0.15) is 0 Å². The second kappa shape index (κ2) is 65.6. The van der Waals surface area contributed by atoms with E-state index in [4.69, 9.17) is 13.8 Å². The number of carbonyl (C=O) groups excluding carboxylic acids is 2. The van der Waals surface area contributed by atoms with Gasteiger partial charge >= 0.3 is 5.97 Å². The molecule has 87 heavy (non-hydrogen) atoms. The van der Waals surface area contributed by atoms with Gasteiger partial charge in [-0.3, -0.25) is 14.2 Å². The summed E-state index contributed by atoms with van der Waals surface area (Å²) in [6, 6.07) is -0.902. The summed E-state index contributed by atoms with van der Waals surface area (Å²) in [5.74, 6) is -0.553. The van der Waals surface area contributed by atoms with Crippen molar-refractivity contribution in [3.63, 3.8) is 0 Å². The predicted molar refractivity (Wildman–Crippen MR) is 376 cm³/mol. The molecule has 0 saturated carbocycles. The van der Waals surface area contributed by atoms with Crippen molar-refractivity contribution in [1.29, 1.82) is 0 Å². The minimum atomic E-state index is -4.71. The number of quaternary nitrogens is 1. The monoisotopic (exact) mass is 1230 g/mol. The molecule has 0 fully saturated rings. The summed E-state index contributed by atoms with van der Waals surface area (Å²) in [5.41, 5.74) is 0. The smallest absolute Gasteiger partial charge is 0.306 e. The SMILES string of the molecule is CC/C=C\C/C=C\C/C=C\C/C=C\C/C=C\CCCCCCCCCC(=O)NC(COP(=O)([O-])OCC[N+](C)(C)C)C(/C=C/CCCCCCCCCCC)OC(=O)CCCCCCCCCCCCCCCC/C=C\C/C=C\C/C=C\CCCCC. The molecule has 0 heterocycles. The summed E-state index contributed by atoms with van der Waals surface area (Å²) < 4.78 is 30.4. The lowest BCUT2D eigenvalue weighted by Gasteiger charge is -2.30. The van der Waals surface area contributed by atoms with Gasteiger partial charge in [0.2, 0.25) is 5.91 Å². The van der Waals surface area contributed by atoms with Gasteiger partial charge < -0.3 is 28.5 Å². The molecule has 0 saturated heterocycles. The second-order valence-corrected chi connectivity index (χ2v) is 26.8. The lowest BCUT2D eigenvalue weighted by Crippen LogP contribution is -2.47. The third-order valence-corrected chi connectivity index (χ3v) is 16.7. The maximum atomic E-state index is 13.6. The normalized spacial score (nSPS) is 14.1. The van der Waals surface area contributed by atoms with Crippen LogP contribution >= 0.6 is 7.82 Å². The molecule has 0 rings (SSSR count). The number of hydrogen-bond acceptors (Lipinski definition) is 7. The quantitative estimate of drug-likeness (QED) is 0.0212. The molecular weight excluding hydrogens is 1100 g/mol. The first-order valence-corrected chi connectivity index (χ1v) is 37.7. The van der Waals surface area contributed by atoms with E-state index in [0.717, 1.165) is 116 Å². The van der Waals surface area contributed by atoms with Crippen LogP contribution in [0.25, 0.3) is 0 Å². The van der Waals surface area contributed by atoms with Crippen molar-refractivity contribution in [2.75, 3.05) is 40.9 Å². The number of hydrogen-bond donors (Lipinski definition) is 1. The molecule has 0 radical (unpaired) electrons. The molecule has 3 atom stereocenters. The topological polar surface area (TPSA) is 114 Å². The number of rotatable bonds is 65. The first-order valence-electron chi connectivity index (χ1n) is 36.2. The third-order valence-electron chi connectivity index (χ3n) is 15.7. The lowest BCUT2D eigenvalue weighted by molar-refractivity contribution is -0.870. The Morgan fingerprint density at radius 1 is 0.414 bits per heavy atom. The molecule has 0 aromatic carbocycles. The maximum absolute atomic E-state index is 13.6. The first kappa shape index (κ1) is 83.7. The molecule has 10 heteroatoms. The number of unbranched alkanes of at least 4 members (excludes halogenated alkanes) is 33. The Morgan fingerprint density at radius 3 is 1.13 bits per heavy atom. The van der Waals surface area contributed by atoms with Crippen molar-refractivity contribution in [3.8, 4) is 0 Å². The van der Waals surface area contributed by atoms with Crippen LogP contribution in [0.1, 0.15) is 316 Å². The number of ether oxygens (including phenoxy) is 1. The van der Waals surface area contributed by atoms with Crippen molar-refractivity contribution in [2.24, 2.45) is 0 Å². The Morgan fingerprint density at radius 2 is 0.736 bits per heavy atom. The zero-order valence-electron chi connectivity index (χ0n) is 57.4. The Hall–Kier alpha value is -3.33. The van der Waals surface area contributed by atoms with Crippen LogP contribution in [0.3, 0.4) is 0 Å². The minimum Gasteiger partial charge on any atom is -0.756 e. The largest absolute Gasteiger partial charge is 0.756 e. The molecule has 1 N–H and O–H groups in total. The number of esters is 1. The fourth-order valence-electron chi connectivity index (χ4n) is 10.1. The van der Waals surface area contributed by atoms with Crippen LogP contribution in [-0.2, 0) is 27.9 Å². The standard InChI is InChI=1S/C77H137N2O7P/c1-7-10-13-16-19-22-25-27-29-31-33-35-37-38-39-40-42-44-46-48-50-52-55-58-61-64-67-70-77(81)86-75(68-65-62-59-56-53-24-21-18-15-12-9-3)74(73-85-87(82,83)84-72-71-79(4,5)6)78-76(80)69-66-63-60-57-54-51-49-47-45-43-41-36-34-32-30-28-26-23-20-17-14-11-8-2/h11,14,19-20,22-23,27-30,33-36,43,45,65,68,74-75H,7-10,12-13,15-18,21,24-26,31-32,37-42,44,46-64,66-67,69-73H2,1-6H3,(H-,78,80,82,83)/b14-11-,22-19-,23-20-,29-27-,30-28-,35-33-,36-34-,45-43-,68-65+. The zero-order valence-corrected chi connectivity index (χ0v) is 58.3. The fraction of sp³-hybridized carbons (Fsp3) is 0.740. The molecule has 0 aliphatic heterocycles. The van der Waals surface area contributed by atoms with Gasteiger partial charge in [-0.1, -0.05) is 297 Å². The molecule has 502 valence electrons. The highest BCUT2D eigenvalue weighted by Gasteiger charge is 2.27. The summed E-state index contributed by atoms with van der Waals surface area (Å²) in [6.45, 7) is 6.71. The number of nitrogens with one attached hydrogen (secondary N) is 1. The number of phosphoric acid groups is 1. The van der Waals surface area contributed by atoms with Crippen LogP contribution in [0.2, 0.25) is 0 Å². The molecule has 1 amide bonds. The number of phosphoric ester groups is 1. The highest BCUT2D eigenvalue weighted by atomic mass is 31.2. The van der Waals surface area contributed by atoms with Crippen LogP contribution in [-0.4, -0.2) is 69.4 Å². The highest BCUT2D eigenvalue weighted by molar-refractivity contribution is 7.45. The van der Waals surface area contributed by atoms with Crippen molar-refractivity contribution in [2.45, 2.75) is 328 Å². The Balaban J connectivity index is 5.01. The molecule has 0 aromatic rings. The van der Waals surface area contributed by atoms with E-state index >= 15 is 0 Å². The molecule has 0 aliphatic carbocycles. The van der Waals surface area contributed by atoms with E-state index in [1.165, 1.54) is 167 Å². The summed E-state index contributed by atoms with van der Waals surface area (Å²) in [5, 5.41) is 3.04. The van der Waals surface area contributed by atoms with Gasteiger partial charge in [-0.25, -0.2) is 0 Å². The molecule has 9 nitrogen and oxygen atoms in total. The third kappa shape index (κ3) is 66.9. The lowest BCUT2D eigenvalue weighted by atomic mass is 10.0. The second-order valence-electron chi connectivity index (χ2n) is 25.4. The highest BCUT2D eigenvalue weighted by Crippen LogP contribution is 2.38. The Bertz CT molecular complexity index is 1860. The number of amides is 1. The average Bonchev–Trinajstić information content (AvgIpc) is 3.70. The fourth-order valence-corrected chi connectivity index (χ4v) is 10.9. The number of likely N-dealkylation sites (N-methyl/N-ethyl adjacent to an activating group) is 1. The summed E-state index contributed by atoms with van der Waals surface area (Å²) in [4.78, 5) is 40.2. The van der Waals surface area contributed by atoms with E-state index in [-0.39, 0.29) is 24.9 Å². The maximum Gasteiger partial charge on any atom is 0.306 e. The van der Waals surface area contributed by atoms with Crippen LogP contribution in [0.5, 0.6) is 0 Å². The van der Waals surface area contributed by atoms with E-state index in [2.05, 4.69) is 123 Å². The number of carbonyl (C=O) groups is 2. The molecule has 0 aromatic heterocycles. The van der Waals surface area contributed by atoms with Crippen LogP contribution in [0.4, 0.5) is 0 Å². The van der Waals surface area contributed by atoms with Gasteiger partial charge in [0.05, 0.1) is 33.8 Å². The molecule has 0 spiro atoms. The Kier molecular flexibility index (Phi) is 63.1. The van der Waals surface area contributed by atoms with Crippen molar-refractivity contribution >= 4 is 19.7 Å². The van der Waals surface area contributed by atoms with Crippen molar-refractivity contribution in [1.82, 2.24) is 5.32 Å². The van der Waals surface area contributed by atoms with Gasteiger partial charge in [-0.05, 0) is 115 Å². The van der Waals surface area contributed by atoms with Crippen molar-refractivity contribution < 1.29 is 37.3 Å². The zero-order chi connectivity index (χ0) is 63.5. The van der Waals surface area contributed by atoms with Crippen molar-refractivity contribution in [3.05, 3.63) is 109 Å². The van der Waals surface area contributed by atoms with Gasteiger partial charge in [0, 0.05) is 12.8 Å². The molecular formula is C77H137N2O7P. The summed E-state index contributed by atoms with van der Waals surface area (Å²) >= 11 is 0. The molecule has 3 unspecified atom stereocenters. The first-order chi connectivity index (χ1) is 42.4. The van der Waals surface area contributed by atoms with Crippen LogP contribution in [0, 0.1) is 0 Å². The minimum absolute atomic E-state index is 0.0290. The van der Waals surface area contributed by atoms with E-state index in [9.17, 15) is 19.0 Å². The predicted octanol–water partition coefficient (Wildman–Crippen LogP) is 22.6. The van der Waals surface area contributed by atoms with E-state index in [1.807, 2.05) is 33.3 Å². The average molecular weight is 1230 g/mol. The van der Waals surface area contributed by atoms with Gasteiger partial charge in [0.1, 0.15) is 19.3 Å². The van der Waals surface area contributed by atoms with Crippen LogP contribution < -0.4 is 10.2 Å². The van der Waals surface area contributed by atoms with Crippen LogP contribution in [0.15, 0.2) is 109 Å². The number of allylic oxidation sites excluding steroid dienone is 17. The summed E-state index contributed by atoms with van der Waals surface area (Å²) in [7, 11) is 1.17. The van der Waals surface area contributed by atoms with Gasteiger partial charge in [0.15, 0.2) is 0 Å². The summed E-state index contributed by atoms with van der Waals surface area (Å²) in [6.07, 6.45) is 90.7. The van der Waals surface area contributed by atoms with E-state index in [0.29, 0.717) is 17.4 Å². The Labute approximate surface area is 538 Å². The number of nitrogens with zero attached hydrogens (tertiary/aromatic N) is 1. The van der Waals surface area contributed by atoms with Gasteiger partial charge in [-0.15, -0.1) is 0 Å². The molecule has 0 bridgehead atoms. The van der Waals surface area contributed by atoms with Gasteiger partial charge in [0.25, 0.3) is 7.82 Å². The molecule has 0 aliphatic rings. The van der Waals surface area contributed by atoms with E-state index < -0.39 is 26.6 Å².